The van der Waals surface area contributed by atoms with Gasteiger partial charge in [-0.15, -0.1) is 0 Å². The molecule has 0 unspecified atom stereocenters. The molecule has 2 aromatic carbocycles. The first-order valence-electron chi connectivity index (χ1n) is 5.76. The summed E-state index contributed by atoms with van der Waals surface area (Å²) in [5.74, 6) is -2.75. The SMILES string of the molecule is O=C([O-])c1cc(Cl)c(Cl)cc1Cl.O=C([O-])c1cc(Cl)c(Cl)cc1Cl.[Mg+2]. The molecule has 2 rings (SSSR count). The second-order valence-corrected chi connectivity index (χ2v) is 6.51. The van der Waals surface area contributed by atoms with Crippen LogP contribution in [0.1, 0.15) is 20.7 Å². The molecule has 4 nitrogen and oxygen atoms in total. The predicted molar refractivity (Wildman–Crippen MR) is 97.4 cm³/mol. The van der Waals surface area contributed by atoms with Crippen molar-refractivity contribution in [1.82, 2.24) is 0 Å². The van der Waals surface area contributed by atoms with Crippen LogP contribution in [-0.4, -0.2) is 35.0 Å². The molecule has 11 heteroatoms. The smallest absolute Gasteiger partial charge is 0.545 e. The van der Waals surface area contributed by atoms with Gasteiger partial charge < -0.3 is 19.8 Å². The quantitative estimate of drug-likeness (QED) is 0.493. The summed E-state index contributed by atoms with van der Waals surface area (Å²) < 4.78 is 0. The van der Waals surface area contributed by atoms with Gasteiger partial charge in [0.1, 0.15) is 0 Å². The van der Waals surface area contributed by atoms with Gasteiger partial charge in [0.15, 0.2) is 0 Å². The number of carbonyl (C=O) groups is 2. The number of aromatic carboxylic acids is 2. The third-order valence-corrected chi connectivity index (χ3v) is 4.53. The Bertz CT molecular complexity index is 745. The Kier molecular flexibility index (Phi) is 10.8. The summed E-state index contributed by atoms with van der Waals surface area (Å²) in [6.45, 7) is 0. The van der Waals surface area contributed by atoms with Gasteiger partial charge in [-0.2, -0.15) is 0 Å². The fraction of sp³-hybridized carbons (Fsp3) is 0. The molecule has 0 aliphatic carbocycles. The first kappa shape index (κ1) is 24.9. The van der Waals surface area contributed by atoms with Gasteiger partial charge in [0, 0.05) is 11.1 Å². The fourth-order valence-corrected chi connectivity index (χ4v) is 2.61. The minimum atomic E-state index is -1.38. The molecule has 0 saturated carbocycles. The maximum Gasteiger partial charge on any atom is 2.00 e. The Balaban J connectivity index is 0.000000443. The maximum absolute atomic E-state index is 10.4. The number of benzene rings is 2. The van der Waals surface area contributed by atoms with Gasteiger partial charge in [0.25, 0.3) is 0 Å². The summed E-state index contributed by atoms with van der Waals surface area (Å²) in [5.41, 5.74) is -0.322. The third kappa shape index (κ3) is 7.19. The summed E-state index contributed by atoms with van der Waals surface area (Å²) >= 11 is 33.3. The van der Waals surface area contributed by atoms with Crippen molar-refractivity contribution < 1.29 is 19.8 Å². The van der Waals surface area contributed by atoms with E-state index in [1.54, 1.807) is 0 Å². The largest absolute Gasteiger partial charge is 2.00 e. The summed E-state index contributed by atoms with van der Waals surface area (Å²) in [5, 5.41) is 21.5. The van der Waals surface area contributed by atoms with Gasteiger partial charge in [-0.1, -0.05) is 69.6 Å². The molecule has 25 heavy (non-hydrogen) atoms. The van der Waals surface area contributed by atoms with Gasteiger partial charge in [-0.25, -0.2) is 0 Å². The van der Waals surface area contributed by atoms with Crippen LogP contribution in [0.25, 0.3) is 0 Å². The van der Waals surface area contributed by atoms with Gasteiger partial charge in [0.05, 0.1) is 42.1 Å². The zero-order chi connectivity index (χ0) is 18.6. The van der Waals surface area contributed by atoms with E-state index in [0.29, 0.717) is 0 Å². The molecule has 0 N–H and O–H groups in total. The molecule has 128 valence electrons. The first-order chi connectivity index (χ1) is 11.0. The third-order valence-electron chi connectivity index (χ3n) is 2.46. The Morgan fingerprint density at radius 2 is 0.800 bits per heavy atom. The zero-order valence-electron chi connectivity index (χ0n) is 11.9. The van der Waals surface area contributed by atoms with Crippen LogP contribution in [-0.2, 0) is 0 Å². The zero-order valence-corrected chi connectivity index (χ0v) is 17.9. The molecule has 0 aliphatic heterocycles. The van der Waals surface area contributed by atoms with Crippen LogP contribution in [0.4, 0.5) is 0 Å². The van der Waals surface area contributed by atoms with E-state index in [2.05, 4.69) is 0 Å². The molecule has 2 aromatic rings. The van der Waals surface area contributed by atoms with Crippen LogP contribution in [0.2, 0.25) is 30.1 Å². The van der Waals surface area contributed by atoms with Gasteiger partial charge in [-0.05, 0) is 24.3 Å². The average Bonchev–Trinajstić information content (AvgIpc) is 2.46. The number of hydrogen-bond donors (Lipinski definition) is 0. The average molecular weight is 473 g/mol. The van der Waals surface area contributed by atoms with Crippen LogP contribution < -0.4 is 10.2 Å². The van der Waals surface area contributed by atoms with Gasteiger partial charge >= 0.3 is 23.1 Å². The second-order valence-electron chi connectivity index (χ2n) is 4.07. The van der Waals surface area contributed by atoms with Crippen molar-refractivity contribution in [1.29, 1.82) is 0 Å². The standard InChI is InChI=1S/2C7H3Cl3O2.Mg/c2*8-4-2-6(10)5(9)1-3(4)7(11)12;/h2*1-2H,(H,11,12);/q;;+2/p-2. The molecule has 0 bridgehead atoms. The number of carbonyl (C=O) groups excluding carboxylic acids is 2. The number of carboxylic acid groups (broad SMARTS) is 2. The second kappa shape index (κ2) is 10.9. The number of halogens is 6. The van der Waals surface area contributed by atoms with E-state index in [-0.39, 0.29) is 64.3 Å². The Labute approximate surface area is 188 Å². The van der Waals surface area contributed by atoms with Crippen LogP contribution in [0.5, 0.6) is 0 Å². The normalized spacial score (nSPS) is 9.52. The first-order valence-corrected chi connectivity index (χ1v) is 8.03. The van der Waals surface area contributed by atoms with Gasteiger partial charge in [0.2, 0.25) is 0 Å². The van der Waals surface area contributed by atoms with E-state index in [1.165, 1.54) is 12.1 Å². The van der Waals surface area contributed by atoms with Crippen LogP contribution in [0.15, 0.2) is 24.3 Å². The van der Waals surface area contributed by atoms with E-state index in [1.807, 2.05) is 0 Å². The molecule has 0 aliphatic rings. The molecule has 0 radical (unpaired) electrons. The van der Waals surface area contributed by atoms with Crippen molar-refractivity contribution in [2.24, 2.45) is 0 Å². The summed E-state index contributed by atoms with van der Waals surface area (Å²) in [6.07, 6.45) is 0. The monoisotopic (exact) mass is 470 g/mol. The van der Waals surface area contributed by atoms with Crippen LogP contribution >= 0.6 is 69.6 Å². The Morgan fingerprint density at radius 3 is 1.04 bits per heavy atom. The van der Waals surface area contributed by atoms with E-state index in [4.69, 9.17) is 69.6 Å². The molecule has 0 amide bonds. The summed E-state index contributed by atoms with van der Waals surface area (Å²) in [6, 6.07) is 4.83. The molecule has 0 atom stereocenters. The minimum Gasteiger partial charge on any atom is -0.545 e. The van der Waals surface area contributed by atoms with Crippen molar-refractivity contribution in [3.8, 4) is 0 Å². The van der Waals surface area contributed by atoms with Crippen LogP contribution in [0.3, 0.4) is 0 Å². The summed E-state index contributed by atoms with van der Waals surface area (Å²) in [7, 11) is 0. The van der Waals surface area contributed by atoms with E-state index < -0.39 is 11.9 Å². The Hall–Kier alpha value is -0.114. The van der Waals surface area contributed by atoms with E-state index >= 15 is 0 Å². The number of hydrogen-bond acceptors (Lipinski definition) is 4. The number of rotatable bonds is 2. The topological polar surface area (TPSA) is 80.3 Å². The van der Waals surface area contributed by atoms with E-state index in [9.17, 15) is 19.8 Å². The molecular formula is C14H4Cl6MgO4. The van der Waals surface area contributed by atoms with Crippen molar-refractivity contribution in [3.05, 3.63) is 65.5 Å². The predicted octanol–water partition coefficient (Wildman–Crippen LogP) is 3.64. The van der Waals surface area contributed by atoms with Crippen molar-refractivity contribution in [3.63, 3.8) is 0 Å². The van der Waals surface area contributed by atoms with Crippen molar-refractivity contribution >= 4 is 105 Å². The molecule has 0 aromatic heterocycles. The minimum absolute atomic E-state index is 0. The molecule has 0 saturated heterocycles. The van der Waals surface area contributed by atoms with Crippen molar-refractivity contribution in [2.45, 2.75) is 0 Å². The summed E-state index contributed by atoms with van der Waals surface area (Å²) in [4.78, 5) is 20.8. The maximum atomic E-state index is 10.4. The Morgan fingerprint density at radius 1 is 0.560 bits per heavy atom. The molecular weight excluding hydrogens is 469 g/mol. The number of carboxylic acids is 2. The fourth-order valence-electron chi connectivity index (χ4n) is 1.36. The molecule has 0 spiro atoms. The van der Waals surface area contributed by atoms with Crippen LogP contribution in [0, 0.1) is 0 Å². The molecule has 0 heterocycles. The van der Waals surface area contributed by atoms with Crippen molar-refractivity contribution in [2.75, 3.05) is 0 Å². The molecule has 0 fully saturated rings. The van der Waals surface area contributed by atoms with Gasteiger partial charge in [-0.3, -0.25) is 0 Å². The van der Waals surface area contributed by atoms with E-state index in [0.717, 1.165) is 12.1 Å².